The minimum Gasteiger partial charge on any atom is -0.550 e. The van der Waals surface area contributed by atoms with Gasteiger partial charge < -0.3 is 25.6 Å². The maximum Gasteiger partial charge on any atom is 0.317 e. The molecule has 17 heavy (non-hydrogen) atoms. The minimum absolute atomic E-state index is 0.0455. The number of hydrogen-bond acceptors (Lipinski definition) is 5. The fraction of sp³-hybridized carbons (Fsp3) is 0.800. The summed E-state index contributed by atoms with van der Waals surface area (Å²) in [5, 5.41) is 25.7. The van der Waals surface area contributed by atoms with E-state index in [4.69, 9.17) is 0 Å². The number of amides is 2. The van der Waals surface area contributed by atoms with Crippen LogP contribution in [0.2, 0.25) is 0 Å². The zero-order valence-electron chi connectivity index (χ0n) is 9.27. The van der Waals surface area contributed by atoms with Crippen LogP contribution < -0.4 is 15.7 Å². The number of aliphatic carboxylic acids is 1. The van der Waals surface area contributed by atoms with Gasteiger partial charge in [0.15, 0.2) is 5.72 Å². The topological polar surface area (TPSA) is 101 Å². The zero-order valence-corrected chi connectivity index (χ0v) is 10.1. The molecule has 2 rings (SSSR count). The summed E-state index contributed by atoms with van der Waals surface area (Å²) >= 11 is 1.60. The highest BCUT2D eigenvalue weighted by Gasteiger charge is 2.55. The van der Waals surface area contributed by atoms with Crippen molar-refractivity contribution in [3.05, 3.63) is 0 Å². The summed E-state index contributed by atoms with van der Waals surface area (Å²) in [4.78, 5) is 21.4. The lowest BCUT2D eigenvalue weighted by atomic mass is 9.99. The maximum absolute atomic E-state index is 11.1. The van der Waals surface area contributed by atoms with E-state index in [0.717, 1.165) is 0 Å². The van der Waals surface area contributed by atoms with Crippen LogP contribution >= 0.6 is 11.8 Å². The van der Waals surface area contributed by atoms with Crippen LogP contribution in [-0.4, -0.2) is 39.9 Å². The molecule has 0 saturated carbocycles. The van der Waals surface area contributed by atoms with Gasteiger partial charge in [0.25, 0.3) is 0 Å². The van der Waals surface area contributed by atoms with Gasteiger partial charge in [-0.05, 0) is 19.3 Å². The normalized spacial score (nSPS) is 35.2. The number of nitrogens with one attached hydrogen (secondary N) is 2. The summed E-state index contributed by atoms with van der Waals surface area (Å²) in [7, 11) is 0. The Balaban J connectivity index is 1.82. The van der Waals surface area contributed by atoms with Crippen LogP contribution in [-0.2, 0) is 4.79 Å². The van der Waals surface area contributed by atoms with Crippen molar-refractivity contribution in [2.24, 2.45) is 0 Å². The number of carboxylic acids is 1. The molecule has 2 saturated heterocycles. The molecule has 0 aliphatic carbocycles. The van der Waals surface area contributed by atoms with E-state index in [0.29, 0.717) is 25.0 Å². The van der Waals surface area contributed by atoms with E-state index in [1.807, 2.05) is 0 Å². The van der Waals surface area contributed by atoms with Gasteiger partial charge in [0.1, 0.15) is 0 Å². The van der Waals surface area contributed by atoms with E-state index in [1.54, 1.807) is 11.8 Å². The van der Waals surface area contributed by atoms with E-state index < -0.39 is 11.7 Å². The standard InChI is InChI=1S/C10H16N2O4S/c13-8(14)4-2-1-3-7-10(16)6(5-17-7)11-9(15)12-10/h6-7,16H,1-5H2,(H,13,14)(H2,11,12,15)/p-1/t6-,7+,10+/m0/s1. The molecule has 0 aromatic rings. The molecule has 0 radical (unpaired) electrons. The number of carbonyl (C=O) groups is 2. The third-order valence-corrected chi connectivity index (χ3v) is 4.73. The smallest absolute Gasteiger partial charge is 0.317 e. The molecule has 96 valence electrons. The molecule has 0 aromatic carbocycles. The number of unbranched alkanes of at least 4 members (excludes halogenated alkanes) is 1. The van der Waals surface area contributed by atoms with Crippen LogP contribution in [0.3, 0.4) is 0 Å². The van der Waals surface area contributed by atoms with Gasteiger partial charge in [0.05, 0.1) is 11.3 Å². The van der Waals surface area contributed by atoms with Crippen molar-refractivity contribution in [2.75, 3.05) is 5.75 Å². The number of rotatable bonds is 5. The highest BCUT2D eigenvalue weighted by atomic mass is 32.2. The molecule has 0 spiro atoms. The zero-order chi connectivity index (χ0) is 12.5. The number of aliphatic hydroxyl groups is 1. The number of carbonyl (C=O) groups excluding carboxylic acids is 2. The van der Waals surface area contributed by atoms with Gasteiger partial charge in [-0.15, -0.1) is 0 Å². The first-order valence-corrected chi connectivity index (χ1v) is 6.70. The number of urea groups is 1. The Morgan fingerprint density at radius 3 is 3.06 bits per heavy atom. The highest BCUT2D eigenvalue weighted by molar-refractivity contribution is 8.00. The fourth-order valence-corrected chi connectivity index (χ4v) is 3.86. The van der Waals surface area contributed by atoms with Gasteiger partial charge in [-0.1, -0.05) is 6.42 Å². The van der Waals surface area contributed by atoms with Crippen molar-refractivity contribution in [2.45, 2.75) is 42.7 Å². The average molecular weight is 259 g/mol. The van der Waals surface area contributed by atoms with Gasteiger partial charge in [0.2, 0.25) is 0 Å². The van der Waals surface area contributed by atoms with E-state index in [9.17, 15) is 19.8 Å². The van der Waals surface area contributed by atoms with Crippen molar-refractivity contribution < 1.29 is 19.8 Å². The Hall–Kier alpha value is -0.950. The fourth-order valence-electron chi connectivity index (χ4n) is 2.29. The van der Waals surface area contributed by atoms with Crippen molar-refractivity contribution >= 4 is 23.8 Å². The van der Waals surface area contributed by atoms with E-state index in [2.05, 4.69) is 10.6 Å². The molecule has 2 aliphatic rings. The lowest BCUT2D eigenvalue weighted by molar-refractivity contribution is -0.305. The number of carboxylic acid groups (broad SMARTS) is 1. The first-order chi connectivity index (χ1) is 8.02. The molecule has 3 N–H and O–H groups in total. The second-order valence-corrected chi connectivity index (χ2v) is 5.65. The Bertz CT molecular complexity index is 338. The molecule has 0 bridgehead atoms. The van der Waals surface area contributed by atoms with Crippen molar-refractivity contribution in [1.82, 2.24) is 10.6 Å². The van der Waals surface area contributed by atoms with Crippen LogP contribution in [0.25, 0.3) is 0 Å². The van der Waals surface area contributed by atoms with Gasteiger partial charge in [0, 0.05) is 11.7 Å². The minimum atomic E-state index is -1.18. The first-order valence-electron chi connectivity index (χ1n) is 5.65. The van der Waals surface area contributed by atoms with Gasteiger partial charge in [-0.3, -0.25) is 0 Å². The molecular formula is C10H15N2O4S-. The summed E-state index contributed by atoms with van der Waals surface area (Å²) in [5.74, 6) is -0.364. The molecule has 2 aliphatic heterocycles. The highest BCUT2D eigenvalue weighted by Crippen LogP contribution is 2.39. The van der Waals surface area contributed by atoms with Crippen LogP contribution in [0.15, 0.2) is 0 Å². The van der Waals surface area contributed by atoms with Gasteiger partial charge in [-0.25, -0.2) is 4.79 Å². The molecule has 2 fully saturated rings. The average Bonchev–Trinajstić information content (AvgIpc) is 2.66. The van der Waals surface area contributed by atoms with Crippen molar-refractivity contribution in [3.63, 3.8) is 0 Å². The molecule has 0 aromatic heterocycles. The van der Waals surface area contributed by atoms with Crippen molar-refractivity contribution in [1.29, 1.82) is 0 Å². The molecule has 3 atom stereocenters. The van der Waals surface area contributed by atoms with Gasteiger partial charge in [-0.2, -0.15) is 11.8 Å². The summed E-state index contributed by atoms with van der Waals surface area (Å²) in [5.41, 5.74) is -1.18. The number of thioether (sulfide) groups is 1. The van der Waals surface area contributed by atoms with Gasteiger partial charge >= 0.3 is 6.03 Å². The lowest BCUT2D eigenvalue weighted by Crippen LogP contribution is -2.53. The Morgan fingerprint density at radius 1 is 1.59 bits per heavy atom. The number of hydrogen-bond donors (Lipinski definition) is 3. The van der Waals surface area contributed by atoms with Crippen LogP contribution in [0.5, 0.6) is 0 Å². The largest absolute Gasteiger partial charge is 0.550 e. The third kappa shape index (κ3) is 2.50. The predicted octanol–water partition coefficient (Wildman–Crippen LogP) is -1.22. The van der Waals surface area contributed by atoms with Crippen LogP contribution in [0.4, 0.5) is 4.79 Å². The summed E-state index contributed by atoms with van der Waals surface area (Å²) in [6, 6.07) is -0.580. The van der Waals surface area contributed by atoms with E-state index in [-0.39, 0.29) is 23.7 Å². The molecule has 6 nitrogen and oxygen atoms in total. The second-order valence-electron chi connectivity index (χ2n) is 4.42. The Kier molecular flexibility index (Phi) is 3.48. The monoisotopic (exact) mass is 259 g/mol. The third-order valence-electron chi connectivity index (χ3n) is 3.20. The SMILES string of the molecule is O=C([O-])CCCC[C@H]1SC[C@@H]2NC(=O)N[C@@]21O. The van der Waals surface area contributed by atoms with Crippen LogP contribution in [0.1, 0.15) is 25.7 Å². The summed E-state index contributed by atoms with van der Waals surface area (Å²) < 4.78 is 0. The lowest BCUT2D eigenvalue weighted by Gasteiger charge is -2.27. The van der Waals surface area contributed by atoms with Crippen LogP contribution in [0, 0.1) is 0 Å². The Labute approximate surface area is 103 Å². The molecule has 0 unspecified atom stereocenters. The Morgan fingerprint density at radius 2 is 2.35 bits per heavy atom. The molecule has 2 amide bonds. The number of fused-ring (bicyclic) bond motifs is 1. The predicted molar refractivity (Wildman–Crippen MR) is 60.1 cm³/mol. The summed E-state index contributed by atoms with van der Waals surface area (Å²) in [6.45, 7) is 0. The maximum atomic E-state index is 11.1. The summed E-state index contributed by atoms with van der Waals surface area (Å²) in [6.07, 6.45) is 1.98. The molecule has 2 heterocycles. The van der Waals surface area contributed by atoms with E-state index >= 15 is 0 Å². The second kappa shape index (κ2) is 4.73. The molecule has 7 heteroatoms. The quantitative estimate of drug-likeness (QED) is 0.424. The first kappa shape index (κ1) is 12.5. The molecular weight excluding hydrogens is 244 g/mol. The van der Waals surface area contributed by atoms with Crippen molar-refractivity contribution in [3.8, 4) is 0 Å². The van der Waals surface area contributed by atoms with E-state index in [1.165, 1.54) is 0 Å².